The number of anilines is 1. The van der Waals surface area contributed by atoms with E-state index in [-0.39, 0.29) is 11.5 Å². The van der Waals surface area contributed by atoms with Gasteiger partial charge in [0, 0.05) is 23.6 Å². The van der Waals surface area contributed by atoms with Gasteiger partial charge in [0.2, 0.25) is 0 Å². The van der Waals surface area contributed by atoms with Gasteiger partial charge in [-0.25, -0.2) is 18.7 Å². The summed E-state index contributed by atoms with van der Waals surface area (Å²) in [4.78, 5) is 13.7. The van der Waals surface area contributed by atoms with E-state index in [0.29, 0.717) is 19.8 Å². The minimum absolute atomic E-state index is 0.200. The number of aryl methyl sites for hydroxylation is 1. The second-order valence-corrected chi connectivity index (χ2v) is 8.23. The van der Waals surface area contributed by atoms with E-state index in [1.165, 1.54) is 0 Å². The maximum absolute atomic E-state index is 12.4. The van der Waals surface area contributed by atoms with Crippen molar-refractivity contribution in [3.05, 3.63) is 29.6 Å². The van der Waals surface area contributed by atoms with Crippen LogP contribution < -0.4 is 11.1 Å². The van der Waals surface area contributed by atoms with Crippen LogP contribution in [0, 0.1) is 6.92 Å². The van der Waals surface area contributed by atoms with Gasteiger partial charge in [0.1, 0.15) is 11.6 Å². The fraction of sp³-hybridized carbons (Fsp3) is 0.571. The molecule has 0 spiro atoms. The highest BCUT2D eigenvalue weighted by atomic mass is 19.3. The van der Waals surface area contributed by atoms with Crippen LogP contribution in [0.4, 0.5) is 14.6 Å². The summed E-state index contributed by atoms with van der Waals surface area (Å²) in [7, 11) is 0. The lowest BCUT2D eigenvalue weighted by molar-refractivity contribution is -0.0461. The Labute approximate surface area is 169 Å². The molecule has 6 nitrogen and oxygen atoms in total. The first-order valence-electron chi connectivity index (χ1n) is 10.1. The topological polar surface area (TPSA) is 85.4 Å². The molecular formula is C21H27F2N5O. The summed E-state index contributed by atoms with van der Waals surface area (Å²) in [5.74, 6) is 1.79. The van der Waals surface area contributed by atoms with Gasteiger partial charge in [0.05, 0.1) is 30.8 Å². The first-order valence-corrected chi connectivity index (χ1v) is 10.1. The van der Waals surface area contributed by atoms with E-state index in [1.54, 1.807) is 0 Å². The van der Waals surface area contributed by atoms with E-state index < -0.39 is 13.0 Å². The van der Waals surface area contributed by atoms with Gasteiger partial charge < -0.3 is 15.8 Å². The van der Waals surface area contributed by atoms with Crippen LogP contribution in [0.1, 0.15) is 43.0 Å². The second kappa shape index (κ2) is 8.28. The Morgan fingerprint density at radius 1 is 1.28 bits per heavy atom. The molecule has 0 unspecified atom stereocenters. The van der Waals surface area contributed by atoms with Crippen LogP contribution in [0.15, 0.2) is 23.2 Å². The van der Waals surface area contributed by atoms with Crippen molar-refractivity contribution in [3.8, 4) is 0 Å². The molecule has 2 heterocycles. The lowest BCUT2D eigenvalue weighted by Crippen LogP contribution is -2.61. The van der Waals surface area contributed by atoms with Crippen LogP contribution in [0.25, 0.3) is 10.9 Å². The normalized spacial score (nSPS) is 21.3. The number of nitrogens with two attached hydrogens (primary N) is 1. The van der Waals surface area contributed by atoms with Gasteiger partial charge in [0.25, 0.3) is 6.43 Å². The van der Waals surface area contributed by atoms with Crippen LogP contribution in [0.3, 0.4) is 0 Å². The van der Waals surface area contributed by atoms with Crippen molar-refractivity contribution in [1.29, 1.82) is 0 Å². The molecule has 3 N–H and O–H groups in total. The third-order valence-electron chi connectivity index (χ3n) is 5.64. The molecular weight excluding hydrogens is 376 g/mol. The molecule has 0 atom stereocenters. The summed E-state index contributed by atoms with van der Waals surface area (Å²) in [5.41, 5.74) is 8.84. The summed E-state index contributed by atoms with van der Waals surface area (Å²) in [5, 5.41) is 4.39. The van der Waals surface area contributed by atoms with E-state index in [1.807, 2.05) is 19.1 Å². The molecule has 1 aliphatic carbocycles. The number of hydrogen-bond acceptors (Lipinski definition) is 6. The molecule has 2 aliphatic rings. The van der Waals surface area contributed by atoms with Crippen LogP contribution >= 0.6 is 0 Å². The van der Waals surface area contributed by atoms with Crippen LogP contribution in [0.2, 0.25) is 0 Å². The molecule has 1 aromatic carbocycles. The number of aliphatic imine (C=N–C) groups is 1. The molecule has 2 aromatic rings. The van der Waals surface area contributed by atoms with Gasteiger partial charge in [-0.1, -0.05) is 11.6 Å². The average Bonchev–Trinajstić information content (AvgIpc) is 2.69. The van der Waals surface area contributed by atoms with Crippen LogP contribution in [-0.4, -0.2) is 53.9 Å². The SMILES string of the molecule is Cc1ccc2nc(C3CCC(=NCC(F)F)CC3)nc(NCC3(N)COC3)c2c1. The number of alkyl halides is 2. The van der Waals surface area contributed by atoms with E-state index >= 15 is 0 Å². The van der Waals surface area contributed by atoms with Crippen LogP contribution in [-0.2, 0) is 4.74 Å². The molecule has 1 saturated carbocycles. The Morgan fingerprint density at radius 3 is 2.69 bits per heavy atom. The predicted molar refractivity (Wildman–Crippen MR) is 110 cm³/mol. The summed E-state index contributed by atoms with van der Waals surface area (Å²) in [6.07, 6.45) is 0.714. The number of halogens is 2. The predicted octanol–water partition coefficient (Wildman–Crippen LogP) is 3.44. The third-order valence-corrected chi connectivity index (χ3v) is 5.64. The number of benzene rings is 1. The second-order valence-electron chi connectivity index (χ2n) is 8.23. The summed E-state index contributed by atoms with van der Waals surface area (Å²) in [6, 6.07) is 6.14. The molecule has 0 amide bonds. The molecule has 1 aliphatic heterocycles. The number of aromatic nitrogens is 2. The molecule has 156 valence electrons. The van der Waals surface area contributed by atoms with Crippen molar-refractivity contribution in [3.63, 3.8) is 0 Å². The monoisotopic (exact) mass is 403 g/mol. The van der Waals surface area contributed by atoms with E-state index in [9.17, 15) is 8.78 Å². The van der Waals surface area contributed by atoms with Crippen molar-refractivity contribution in [2.45, 2.75) is 50.5 Å². The summed E-state index contributed by atoms with van der Waals surface area (Å²) in [6.45, 7) is 3.31. The van der Waals surface area contributed by atoms with Gasteiger partial charge in [-0.2, -0.15) is 0 Å². The van der Waals surface area contributed by atoms with Gasteiger partial charge in [-0.15, -0.1) is 0 Å². The first kappa shape index (κ1) is 20.1. The van der Waals surface area contributed by atoms with Gasteiger partial charge in [-0.3, -0.25) is 4.99 Å². The van der Waals surface area contributed by atoms with E-state index in [4.69, 9.17) is 20.4 Å². The first-order chi connectivity index (χ1) is 13.9. The number of rotatable bonds is 6. The average molecular weight is 403 g/mol. The molecule has 1 saturated heterocycles. The molecule has 4 rings (SSSR count). The molecule has 0 radical (unpaired) electrons. The lowest BCUT2D eigenvalue weighted by atomic mass is 9.87. The minimum Gasteiger partial charge on any atom is -0.377 e. The van der Waals surface area contributed by atoms with Crippen molar-refractivity contribution < 1.29 is 13.5 Å². The van der Waals surface area contributed by atoms with Gasteiger partial charge in [-0.05, 0) is 44.7 Å². The number of nitrogens with zero attached hydrogens (tertiary/aromatic N) is 3. The Morgan fingerprint density at radius 2 is 2.03 bits per heavy atom. The van der Waals surface area contributed by atoms with Crippen LogP contribution in [0.5, 0.6) is 0 Å². The van der Waals surface area contributed by atoms with Gasteiger partial charge >= 0.3 is 0 Å². The van der Waals surface area contributed by atoms with Crippen molar-refractivity contribution in [1.82, 2.24) is 9.97 Å². The maximum Gasteiger partial charge on any atom is 0.257 e. The fourth-order valence-electron chi connectivity index (χ4n) is 3.87. The highest BCUT2D eigenvalue weighted by Crippen LogP contribution is 2.33. The highest BCUT2D eigenvalue weighted by molar-refractivity contribution is 5.90. The Balaban J connectivity index is 1.55. The number of nitrogens with one attached hydrogen (secondary N) is 1. The zero-order chi connectivity index (χ0) is 20.4. The maximum atomic E-state index is 12.4. The highest BCUT2D eigenvalue weighted by Gasteiger charge is 2.34. The fourth-order valence-corrected chi connectivity index (χ4v) is 3.87. The third kappa shape index (κ3) is 4.70. The molecule has 0 bridgehead atoms. The lowest BCUT2D eigenvalue weighted by Gasteiger charge is -2.38. The zero-order valence-electron chi connectivity index (χ0n) is 16.6. The summed E-state index contributed by atoms with van der Waals surface area (Å²) < 4.78 is 30.0. The number of fused-ring (bicyclic) bond motifs is 1. The quantitative estimate of drug-likeness (QED) is 0.772. The van der Waals surface area contributed by atoms with E-state index in [0.717, 1.165) is 59.5 Å². The molecule has 29 heavy (non-hydrogen) atoms. The molecule has 8 heteroatoms. The van der Waals surface area contributed by atoms with Gasteiger partial charge in [0.15, 0.2) is 0 Å². The minimum atomic E-state index is -2.38. The Bertz CT molecular complexity index is 903. The molecule has 1 aromatic heterocycles. The smallest absolute Gasteiger partial charge is 0.257 e. The Hall–Kier alpha value is -2.19. The van der Waals surface area contributed by atoms with E-state index in [2.05, 4.69) is 16.4 Å². The standard InChI is InChI=1S/C21H27F2N5O/c1-13-2-7-17-16(8-13)20(26-10-21(24)11-29-12-21)28-19(27-17)14-3-5-15(6-4-14)25-9-18(22)23/h2,7-8,14,18H,3-6,9-12,24H2,1H3,(H,26,27,28). The summed E-state index contributed by atoms with van der Waals surface area (Å²) >= 11 is 0. The number of ether oxygens (including phenoxy) is 1. The largest absolute Gasteiger partial charge is 0.377 e. The van der Waals surface area contributed by atoms with Crippen molar-refractivity contribution >= 4 is 22.4 Å². The van der Waals surface area contributed by atoms with Crippen molar-refractivity contribution in [2.75, 3.05) is 31.6 Å². The van der Waals surface area contributed by atoms with Crippen molar-refractivity contribution in [2.24, 2.45) is 10.7 Å². The Kier molecular flexibility index (Phi) is 5.74. The zero-order valence-corrected chi connectivity index (χ0v) is 16.6. The number of hydrogen-bond donors (Lipinski definition) is 2. The molecule has 2 fully saturated rings.